The summed E-state index contributed by atoms with van der Waals surface area (Å²) in [5.41, 5.74) is -1.39. The summed E-state index contributed by atoms with van der Waals surface area (Å²) in [6.07, 6.45) is -3.75. The molecule has 8 heteroatoms. The van der Waals surface area contributed by atoms with Gasteiger partial charge in [-0.2, -0.15) is 13.2 Å². The standard InChI is InChI=1S/C14H16F3NO3S/c15-14(16,17)12-4-2-1-3-11(12)13(19)18-9-10-5-7-22(20,21)8-6-10/h1-4,10H,5-9H2,(H,18,19). The molecular formula is C14H16F3NO3S. The zero-order chi connectivity index (χ0) is 16.4. The van der Waals surface area contributed by atoms with Crippen LogP contribution in [-0.4, -0.2) is 32.4 Å². The highest BCUT2D eigenvalue weighted by Gasteiger charge is 2.35. The fourth-order valence-corrected chi connectivity index (χ4v) is 3.99. The van der Waals surface area contributed by atoms with Crippen molar-refractivity contribution in [1.82, 2.24) is 5.32 Å². The fraction of sp³-hybridized carbons (Fsp3) is 0.500. The average Bonchev–Trinajstić information content (AvgIpc) is 2.45. The second-order valence-electron chi connectivity index (χ2n) is 5.35. The van der Waals surface area contributed by atoms with Gasteiger partial charge in [-0.25, -0.2) is 8.42 Å². The second-order valence-corrected chi connectivity index (χ2v) is 7.65. The monoisotopic (exact) mass is 335 g/mol. The Morgan fingerprint density at radius 1 is 1.18 bits per heavy atom. The van der Waals surface area contributed by atoms with Crippen molar-refractivity contribution < 1.29 is 26.4 Å². The summed E-state index contributed by atoms with van der Waals surface area (Å²) in [4.78, 5) is 12.0. The normalized spacial score (nSPS) is 18.9. The SMILES string of the molecule is O=C(NCC1CCS(=O)(=O)CC1)c1ccccc1C(F)(F)F. The summed E-state index contributed by atoms with van der Waals surface area (Å²) in [6, 6.07) is 4.59. The number of alkyl halides is 3. The van der Waals surface area contributed by atoms with Crippen LogP contribution in [-0.2, 0) is 16.0 Å². The molecule has 1 aliphatic rings. The van der Waals surface area contributed by atoms with Gasteiger partial charge in [0.2, 0.25) is 0 Å². The molecule has 2 rings (SSSR count). The summed E-state index contributed by atoms with van der Waals surface area (Å²) in [5, 5.41) is 2.47. The minimum atomic E-state index is -4.59. The van der Waals surface area contributed by atoms with E-state index in [4.69, 9.17) is 0 Å². The predicted molar refractivity (Wildman–Crippen MR) is 75.2 cm³/mol. The van der Waals surface area contributed by atoms with Gasteiger partial charge in [0.1, 0.15) is 9.84 Å². The van der Waals surface area contributed by atoms with Crippen LogP contribution in [0.3, 0.4) is 0 Å². The maximum atomic E-state index is 12.8. The number of halogens is 3. The molecule has 0 unspecified atom stereocenters. The number of rotatable bonds is 3. The van der Waals surface area contributed by atoms with Crippen molar-refractivity contribution in [2.45, 2.75) is 19.0 Å². The van der Waals surface area contributed by atoms with Crippen molar-refractivity contribution in [3.05, 3.63) is 35.4 Å². The Hall–Kier alpha value is -1.57. The van der Waals surface area contributed by atoms with Gasteiger partial charge in [-0.15, -0.1) is 0 Å². The molecule has 0 radical (unpaired) electrons. The van der Waals surface area contributed by atoms with Gasteiger partial charge in [-0.05, 0) is 30.9 Å². The highest BCUT2D eigenvalue weighted by atomic mass is 32.2. The van der Waals surface area contributed by atoms with Crippen molar-refractivity contribution in [3.63, 3.8) is 0 Å². The third-order valence-corrected chi connectivity index (χ3v) is 5.42. The lowest BCUT2D eigenvalue weighted by atomic mass is 10.0. The predicted octanol–water partition coefficient (Wildman–Crippen LogP) is 2.26. The van der Waals surface area contributed by atoms with Gasteiger partial charge in [0, 0.05) is 6.54 Å². The van der Waals surface area contributed by atoms with Gasteiger partial charge >= 0.3 is 6.18 Å². The van der Waals surface area contributed by atoms with E-state index in [1.54, 1.807) is 0 Å². The van der Waals surface area contributed by atoms with E-state index in [0.717, 1.165) is 12.1 Å². The molecule has 122 valence electrons. The van der Waals surface area contributed by atoms with Crippen molar-refractivity contribution >= 4 is 15.7 Å². The Morgan fingerprint density at radius 2 is 1.77 bits per heavy atom. The number of carbonyl (C=O) groups is 1. The molecule has 0 aromatic heterocycles. The second kappa shape index (κ2) is 6.28. The number of carbonyl (C=O) groups excluding carboxylic acids is 1. The smallest absolute Gasteiger partial charge is 0.352 e. The Labute approximate surface area is 126 Å². The molecule has 1 aliphatic heterocycles. The number of hydrogen-bond acceptors (Lipinski definition) is 3. The lowest BCUT2D eigenvalue weighted by Gasteiger charge is -2.22. The molecule has 4 nitrogen and oxygen atoms in total. The largest absolute Gasteiger partial charge is 0.417 e. The van der Waals surface area contributed by atoms with Crippen molar-refractivity contribution in [2.24, 2.45) is 5.92 Å². The van der Waals surface area contributed by atoms with Crippen LogP contribution in [0.4, 0.5) is 13.2 Å². The van der Waals surface area contributed by atoms with Crippen molar-refractivity contribution in [2.75, 3.05) is 18.1 Å². The Bertz CT molecular complexity index is 642. The van der Waals surface area contributed by atoms with Crippen molar-refractivity contribution in [1.29, 1.82) is 0 Å². The first-order chi connectivity index (χ1) is 10.2. The molecule has 1 fully saturated rings. The third kappa shape index (κ3) is 4.22. The summed E-state index contributed by atoms with van der Waals surface area (Å²) < 4.78 is 61.1. The van der Waals surface area contributed by atoms with Crippen molar-refractivity contribution in [3.8, 4) is 0 Å². The van der Waals surface area contributed by atoms with Gasteiger partial charge in [0.15, 0.2) is 0 Å². The van der Waals surface area contributed by atoms with Gasteiger partial charge < -0.3 is 5.32 Å². The van der Waals surface area contributed by atoms with Crippen LogP contribution in [0, 0.1) is 5.92 Å². The molecule has 0 bridgehead atoms. The topological polar surface area (TPSA) is 63.2 Å². The van der Waals surface area contributed by atoms with Crippen LogP contribution >= 0.6 is 0 Å². The first-order valence-corrected chi connectivity index (χ1v) is 8.66. The van der Waals surface area contributed by atoms with E-state index < -0.39 is 33.0 Å². The van der Waals surface area contributed by atoms with Gasteiger partial charge in [-0.1, -0.05) is 12.1 Å². The molecular weight excluding hydrogens is 319 g/mol. The van der Waals surface area contributed by atoms with Gasteiger partial charge in [0.05, 0.1) is 22.6 Å². The van der Waals surface area contributed by atoms with Crippen LogP contribution < -0.4 is 5.32 Å². The molecule has 0 atom stereocenters. The van der Waals surface area contributed by atoms with Gasteiger partial charge in [-0.3, -0.25) is 4.79 Å². The lowest BCUT2D eigenvalue weighted by Crippen LogP contribution is -2.34. The van der Waals surface area contributed by atoms with Crippen LogP contribution in [0.25, 0.3) is 0 Å². The number of benzene rings is 1. The molecule has 1 saturated heterocycles. The van der Waals surface area contributed by atoms with E-state index in [0.29, 0.717) is 12.8 Å². The molecule has 1 aromatic rings. The lowest BCUT2D eigenvalue weighted by molar-refractivity contribution is -0.137. The van der Waals surface area contributed by atoms with Gasteiger partial charge in [0.25, 0.3) is 5.91 Å². The fourth-order valence-electron chi connectivity index (χ4n) is 2.40. The molecule has 0 spiro atoms. The molecule has 0 saturated carbocycles. The first kappa shape index (κ1) is 16.8. The summed E-state index contributed by atoms with van der Waals surface area (Å²) >= 11 is 0. The summed E-state index contributed by atoms with van der Waals surface area (Å²) in [7, 11) is -2.99. The summed E-state index contributed by atoms with van der Waals surface area (Å²) in [5.74, 6) is -0.689. The van der Waals surface area contributed by atoms with E-state index in [2.05, 4.69) is 5.32 Å². The van der Waals surface area contributed by atoms with E-state index in [1.165, 1.54) is 12.1 Å². The zero-order valence-corrected chi connectivity index (χ0v) is 12.5. The van der Waals surface area contributed by atoms with Crippen LogP contribution in [0.5, 0.6) is 0 Å². The Morgan fingerprint density at radius 3 is 2.36 bits per heavy atom. The average molecular weight is 335 g/mol. The number of sulfone groups is 1. The van der Waals surface area contributed by atoms with E-state index in [9.17, 15) is 26.4 Å². The third-order valence-electron chi connectivity index (χ3n) is 3.70. The molecule has 22 heavy (non-hydrogen) atoms. The van der Waals surface area contributed by atoms with E-state index >= 15 is 0 Å². The van der Waals surface area contributed by atoms with E-state index in [1.807, 2.05) is 0 Å². The Balaban J connectivity index is 1.99. The molecule has 0 aliphatic carbocycles. The first-order valence-electron chi connectivity index (χ1n) is 6.84. The molecule has 1 heterocycles. The molecule has 1 aromatic carbocycles. The number of amides is 1. The zero-order valence-electron chi connectivity index (χ0n) is 11.7. The van der Waals surface area contributed by atoms with Crippen LogP contribution in [0.15, 0.2) is 24.3 Å². The van der Waals surface area contributed by atoms with Crippen LogP contribution in [0.2, 0.25) is 0 Å². The highest BCUT2D eigenvalue weighted by molar-refractivity contribution is 7.91. The highest BCUT2D eigenvalue weighted by Crippen LogP contribution is 2.31. The Kier molecular flexibility index (Phi) is 4.79. The summed E-state index contributed by atoms with van der Waals surface area (Å²) in [6.45, 7) is 0.181. The number of nitrogens with one attached hydrogen (secondary N) is 1. The van der Waals surface area contributed by atoms with E-state index in [-0.39, 0.29) is 24.0 Å². The maximum absolute atomic E-state index is 12.8. The quantitative estimate of drug-likeness (QED) is 0.922. The minimum absolute atomic E-state index is 0.0227. The number of hydrogen-bond donors (Lipinski definition) is 1. The van der Waals surface area contributed by atoms with Crippen LogP contribution in [0.1, 0.15) is 28.8 Å². The minimum Gasteiger partial charge on any atom is -0.352 e. The molecule has 1 N–H and O–H groups in total. The molecule has 1 amide bonds. The maximum Gasteiger partial charge on any atom is 0.417 e.